The number of fused-ring (bicyclic) bond motifs is 1. The zero-order chi connectivity index (χ0) is 13.7. The lowest BCUT2D eigenvalue weighted by Crippen LogP contribution is -2.25. The van der Waals surface area contributed by atoms with E-state index in [0.29, 0.717) is 25.7 Å². The predicted molar refractivity (Wildman–Crippen MR) is 73.4 cm³/mol. The van der Waals surface area contributed by atoms with Crippen LogP contribution in [-0.4, -0.2) is 31.1 Å². The summed E-state index contributed by atoms with van der Waals surface area (Å²) >= 11 is 0. The quantitative estimate of drug-likeness (QED) is 0.766. The third-order valence-electron chi connectivity index (χ3n) is 2.95. The molecule has 0 atom stereocenters. The number of ether oxygens (including phenoxy) is 2. The molecule has 4 nitrogen and oxygen atoms in total. The number of nitrogens with zero attached hydrogens (tertiary/aromatic N) is 1. The second-order valence-corrected chi connectivity index (χ2v) is 5.26. The van der Waals surface area contributed by atoms with Crippen molar-refractivity contribution in [1.82, 2.24) is 4.90 Å². The number of carbonyl (C=O) groups is 1. The number of carbonyl (C=O) groups excluding carboxylic acids is 1. The summed E-state index contributed by atoms with van der Waals surface area (Å²) < 4.78 is 11.2. The van der Waals surface area contributed by atoms with E-state index in [1.54, 1.807) is 4.90 Å². The number of benzene rings is 1. The maximum atomic E-state index is 11.1. The van der Waals surface area contributed by atoms with Gasteiger partial charge in [-0.1, -0.05) is 19.9 Å². The van der Waals surface area contributed by atoms with E-state index < -0.39 is 0 Å². The Hall–Kier alpha value is -1.71. The standard InChI is InChI=1S/C15H21NO3/c1-12(2)9-16(11-17)10-13-4-5-14-15(8-13)19-7-3-6-18-14/h4-5,8,11-12H,3,6-7,9-10H2,1-2H3. The Labute approximate surface area is 114 Å². The molecule has 19 heavy (non-hydrogen) atoms. The molecule has 1 aromatic rings. The van der Waals surface area contributed by atoms with Gasteiger partial charge in [0.1, 0.15) is 0 Å². The number of hydrogen-bond donors (Lipinski definition) is 0. The Kier molecular flexibility index (Phi) is 4.66. The normalized spacial score (nSPS) is 14.1. The van der Waals surface area contributed by atoms with Crippen LogP contribution in [-0.2, 0) is 11.3 Å². The van der Waals surface area contributed by atoms with Crippen molar-refractivity contribution < 1.29 is 14.3 Å². The van der Waals surface area contributed by atoms with Crippen molar-refractivity contribution in [2.45, 2.75) is 26.8 Å². The van der Waals surface area contributed by atoms with Crippen LogP contribution in [0.15, 0.2) is 18.2 Å². The topological polar surface area (TPSA) is 38.8 Å². The predicted octanol–water partition coefficient (Wildman–Crippen LogP) is 2.46. The van der Waals surface area contributed by atoms with Crippen LogP contribution in [0.5, 0.6) is 11.5 Å². The van der Waals surface area contributed by atoms with Gasteiger partial charge in [0.2, 0.25) is 6.41 Å². The highest BCUT2D eigenvalue weighted by Crippen LogP contribution is 2.30. The average Bonchev–Trinajstić information content (AvgIpc) is 2.62. The lowest BCUT2D eigenvalue weighted by atomic mass is 10.1. The largest absolute Gasteiger partial charge is 0.490 e. The van der Waals surface area contributed by atoms with E-state index in [4.69, 9.17) is 9.47 Å². The number of rotatable bonds is 5. The van der Waals surface area contributed by atoms with Gasteiger partial charge in [0.25, 0.3) is 0 Å². The molecule has 1 heterocycles. The molecule has 1 amide bonds. The zero-order valence-electron chi connectivity index (χ0n) is 11.6. The van der Waals surface area contributed by atoms with Crippen LogP contribution in [0.2, 0.25) is 0 Å². The van der Waals surface area contributed by atoms with E-state index in [9.17, 15) is 4.79 Å². The molecular formula is C15H21NO3. The van der Waals surface area contributed by atoms with Gasteiger partial charge in [-0.15, -0.1) is 0 Å². The summed E-state index contributed by atoms with van der Waals surface area (Å²) in [5.41, 5.74) is 1.07. The molecule has 0 fully saturated rings. The summed E-state index contributed by atoms with van der Waals surface area (Å²) in [5, 5.41) is 0. The van der Waals surface area contributed by atoms with Crippen LogP contribution in [0.1, 0.15) is 25.8 Å². The second-order valence-electron chi connectivity index (χ2n) is 5.26. The fourth-order valence-electron chi connectivity index (χ4n) is 2.15. The highest BCUT2D eigenvalue weighted by atomic mass is 16.5. The third kappa shape index (κ3) is 3.88. The Morgan fingerprint density at radius 3 is 2.68 bits per heavy atom. The maximum Gasteiger partial charge on any atom is 0.210 e. The Bertz CT molecular complexity index is 431. The van der Waals surface area contributed by atoms with Crippen molar-refractivity contribution in [2.24, 2.45) is 5.92 Å². The minimum atomic E-state index is 0.464. The van der Waals surface area contributed by atoms with Crippen molar-refractivity contribution in [1.29, 1.82) is 0 Å². The van der Waals surface area contributed by atoms with Crippen LogP contribution in [0, 0.1) is 5.92 Å². The first kappa shape index (κ1) is 13.7. The van der Waals surface area contributed by atoms with Crippen molar-refractivity contribution in [3.05, 3.63) is 23.8 Å². The smallest absolute Gasteiger partial charge is 0.210 e. The SMILES string of the molecule is CC(C)CN(C=O)Cc1ccc2c(c1)OCCCO2. The van der Waals surface area contributed by atoms with E-state index in [0.717, 1.165) is 36.4 Å². The third-order valence-corrected chi connectivity index (χ3v) is 2.95. The van der Waals surface area contributed by atoms with Crippen LogP contribution in [0.25, 0.3) is 0 Å². The van der Waals surface area contributed by atoms with Crippen LogP contribution in [0.4, 0.5) is 0 Å². The molecule has 0 radical (unpaired) electrons. The minimum Gasteiger partial charge on any atom is -0.490 e. The molecule has 0 aliphatic carbocycles. The number of amides is 1. The summed E-state index contributed by atoms with van der Waals surface area (Å²) in [7, 11) is 0. The van der Waals surface area contributed by atoms with Gasteiger partial charge < -0.3 is 14.4 Å². The fraction of sp³-hybridized carbons (Fsp3) is 0.533. The van der Waals surface area contributed by atoms with Gasteiger partial charge in [-0.2, -0.15) is 0 Å². The monoisotopic (exact) mass is 263 g/mol. The first-order valence-corrected chi connectivity index (χ1v) is 6.77. The minimum absolute atomic E-state index is 0.464. The molecule has 0 unspecified atom stereocenters. The maximum absolute atomic E-state index is 11.1. The van der Waals surface area contributed by atoms with Crippen LogP contribution >= 0.6 is 0 Å². The molecule has 4 heteroatoms. The molecule has 0 aromatic heterocycles. The lowest BCUT2D eigenvalue weighted by Gasteiger charge is -2.20. The van der Waals surface area contributed by atoms with Gasteiger partial charge in [0.05, 0.1) is 13.2 Å². The molecule has 0 bridgehead atoms. The molecular weight excluding hydrogens is 242 g/mol. The highest BCUT2D eigenvalue weighted by Gasteiger charge is 2.12. The molecule has 104 valence electrons. The van der Waals surface area contributed by atoms with Gasteiger partial charge in [-0.25, -0.2) is 0 Å². The van der Waals surface area contributed by atoms with E-state index in [2.05, 4.69) is 13.8 Å². The van der Waals surface area contributed by atoms with Gasteiger partial charge in [0.15, 0.2) is 11.5 Å². The summed E-state index contributed by atoms with van der Waals surface area (Å²) in [6, 6.07) is 5.89. The Morgan fingerprint density at radius 1 is 1.26 bits per heavy atom. The summed E-state index contributed by atoms with van der Waals surface area (Å²) in [6.45, 7) is 6.95. The molecule has 1 aromatic carbocycles. The molecule has 0 N–H and O–H groups in total. The average molecular weight is 263 g/mol. The summed E-state index contributed by atoms with van der Waals surface area (Å²) in [4.78, 5) is 12.8. The van der Waals surface area contributed by atoms with Crippen molar-refractivity contribution in [2.75, 3.05) is 19.8 Å². The second kappa shape index (κ2) is 6.45. The first-order chi connectivity index (χ1) is 9.19. The van der Waals surface area contributed by atoms with Gasteiger partial charge in [-0.05, 0) is 23.6 Å². The first-order valence-electron chi connectivity index (χ1n) is 6.77. The number of hydrogen-bond acceptors (Lipinski definition) is 3. The Morgan fingerprint density at radius 2 is 2.00 bits per heavy atom. The molecule has 0 spiro atoms. The summed E-state index contributed by atoms with van der Waals surface area (Å²) in [5.74, 6) is 2.04. The molecule has 0 saturated carbocycles. The van der Waals surface area contributed by atoms with E-state index in [-0.39, 0.29) is 0 Å². The fourth-order valence-corrected chi connectivity index (χ4v) is 2.15. The highest BCUT2D eigenvalue weighted by molar-refractivity contribution is 5.49. The van der Waals surface area contributed by atoms with Crippen LogP contribution in [0.3, 0.4) is 0 Å². The van der Waals surface area contributed by atoms with Crippen molar-refractivity contribution in [3.63, 3.8) is 0 Å². The van der Waals surface area contributed by atoms with Gasteiger partial charge in [-0.3, -0.25) is 4.79 Å². The van der Waals surface area contributed by atoms with Crippen LogP contribution < -0.4 is 9.47 Å². The van der Waals surface area contributed by atoms with Crippen molar-refractivity contribution >= 4 is 6.41 Å². The molecule has 0 saturated heterocycles. The Balaban J connectivity index is 2.08. The van der Waals surface area contributed by atoms with Crippen molar-refractivity contribution in [3.8, 4) is 11.5 Å². The summed E-state index contributed by atoms with van der Waals surface area (Å²) in [6.07, 6.45) is 1.81. The molecule has 2 rings (SSSR count). The van der Waals surface area contributed by atoms with Gasteiger partial charge in [0, 0.05) is 19.5 Å². The molecule has 1 aliphatic heterocycles. The van der Waals surface area contributed by atoms with Gasteiger partial charge >= 0.3 is 0 Å². The van der Waals surface area contributed by atoms with E-state index >= 15 is 0 Å². The van der Waals surface area contributed by atoms with E-state index in [1.807, 2.05) is 18.2 Å². The van der Waals surface area contributed by atoms with E-state index in [1.165, 1.54) is 0 Å². The molecule has 1 aliphatic rings. The zero-order valence-corrected chi connectivity index (χ0v) is 11.6. The lowest BCUT2D eigenvalue weighted by molar-refractivity contribution is -0.119.